The average molecular weight is 604 g/mol. The van der Waals surface area contributed by atoms with E-state index >= 15 is 0 Å². The normalized spacial score (nSPS) is 25.7. The third kappa shape index (κ3) is 14.7. The van der Waals surface area contributed by atoms with E-state index in [2.05, 4.69) is 13.1 Å². The zero-order chi connectivity index (χ0) is 22.2. The van der Waals surface area contributed by atoms with Gasteiger partial charge in [-0.3, -0.25) is 28.0 Å². The second-order valence-corrected chi connectivity index (χ2v) is 9.68. The Balaban J connectivity index is -0.000000500. The number of nitrogens with zero attached hydrogens (tertiary/aromatic N) is 1. The fourth-order valence-electron chi connectivity index (χ4n) is 2.18. The van der Waals surface area contributed by atoms with Gasteiger partial charge in [0.25, 0.3) is 29.0 Å². The van der Waals surface area contributed by atoms with E-state index in [9.17, 15) is 48.2 Å². The van der Waals surface area contributed by atoms with Gasteiger partial charge in [0, 0.05) is 12.3 Å². The van der Waals surface area contributed by atoms with Crippen molar-refractivity contribution in [3.63, 3.8) is 0 Å². The molecule has 3 unspecified atom stereocenters. The fraction of sp³-hybridized carbons (Fsp3) is 0.556. The number of phosphoric acid groups is 3. The molecule has 20 nitrogen and oxygen atoms in total. The van der Waals surface area contributed by atoms with Crippen molar-refractivity contribution in [3.8, 4) is 0 Å². The van der Waals surface area contributed by atoms with Crippen molar-refractivity contribution in [2.45, 2.75) is 24.5 Å². The summed E-state index contributed by atoms with van der Waals surface area (Å²) < 4.78 is 49.3. The van der Waals surface area contributed by atoms with Gasteiger partial charge in [0.05, 0.1) is 6.61 Å². The molecule has 0 spiro atoms. The summed E-state index contributed by atoms with van der Waals surface area (Å²) in [6, 6.07) is 0.898. The van der Waals surface area contributed by atoms with E-state index in [1.165, 1.54) is 0 Å². The van der Waals surface area contributed by atoms with E-state index in [0.717, 1.165) is 12.3 Å². The van der Waals surface area contributed by atoms with Gasteiger partial charge in [0.1, 0.15) is 18.3 Å². The average Bonchev–Trinajstić information content (AvgIpc) is 2.78. The van der Waals surface area contributed by atoms with Crippen LogP contribution in [0.3, 0.4) is 0 Å². The SMILES string of the molecule is O.O.O.O=c1ccn([C@@H]2O[C@H](COP(=O)([O-])OP(=O)([O-])OP(=O)([O-])O)[C@@H](O)[C@H]2O)c(=O)[nH]1.[Na+].[Na+].[Na+]. The number of ether oxygens (including phenoxy) is 1. The van der Waals surface area contributed by atoms with Gasteiger partial charge in [-0.05, 0) is 0 Å². The van der Waals surface area contributed by atoms with Crippen LogP contribution in [-0.2, 0) is 31.6 Å². The topological polar surface area (TPSA) is 367 Å². The van der Waals surface area contributed by atoms with Gasteiger partial charge < -0.3 is 55.5 Å². The van der Waals surface area contributed by atoms with Crippen LogP contribution in [0, 0.1) is 0 Å². The third-order valence-corrected chi connectivity index (χ3v) is 6.95. The first-order chi connectivity index (χ1) is 13.1. The summed E-state index contributed by atoms with van der Waals surface area (Å²) in [6.07, 6.45) is -5.93. The maximum absolute atomic E-state index is 11.7. The minimum atomic E-state index is -6.10. The van der Waals surface area contributed by atoms with Crippen molar-refractivity contribution in [2.24, 2.45) is 0 Å². The third-order valence-electron chi connectivity index (χ3n) is 3.26. The Hall–Kier alpha value is 1.85. The molecule has 0 amide bonds. The van der Waals surface area contributed by atoms with E-state index in [4.69, 9.17) is 9.63 Å². The molecule has 0 saturated carbocycles. The zero-order valence-corrected chi connectivity index (χ0v) is 26.9. The molecule has 1 aromatic heterocycles. The molecule has 1 aliphatic rings. The largest absolute Gasteiger partial charge is 1.00 e. The van der Waals surface area contributed by atoms with Gasteiger partial charge in [0.2, 0.25) is 0 Å². The summed E-state index contributed by atoms with van der Waals surface area (Å²) in [5.74, 6) is 0. The van der Waals surface area contributed by atoms with Crippen LogP contribution in [0.2, 0.25) is 0 Å². The number of nitrogens with one attached hydrogen (secondary N) is 1. The molecule has 7 atom stereocenters. The summed E-state index contributed by atoms with van der Waals surface area (Å²) in [7, 11) is -17.8. The Kier molecular flexibility index (Phi) is 24.3. The number of hydrogen-bond donors (Lipinski definition) is 4. The van der Waals surface area contributed by atoms with Crippen LogP contribution >= 0.6 is 23.5 Å². The molecule has 35 heavy (non-hydrogen) atoms. The number of aliphatic hydroxyl groups is 2. The van der Waals surface area contributed by atoms with Crippen LogP contribution < -0.4 is 115 Å². The predicted octanol–water partition coefficient (Wildman–Crippen LogP) is -15.9. The molecule has 0 aromatic carbocycles. The predicted molar refractivity (Wildman–Crippen MR) is 91.2 cm³/mol. The van der Waals surface area contributed by atoms with E-state index in [0.29, 0.717) is 4.57 Å². The van der Waals surface area contributed by atoms with Crippen molar-refractivity contribution in [3.05, 3.63) is 33.1 Å². The number of rotatable bonds is 8. The molecule has 1 aliphatic heterocycles. The molecule has 26 heteroatoms. The Morgan fingerprint density at radius 3 is 1.94 bits per heavy atom. The Bertz CT molecular complexity index is 1010. The van der Waals surface area contributed by atoms with E-state index in [1.54, 1.807) is 0 Å². The first-order valence-electron chi connectivity index (χ1n) is 7.16. The summed E-state index contributed by atoms with van der Waals surface area (Å²) in [4.78, 5) is 65.8. The van der Waals surface area contributed by atoms with Crippen molar-refractivity contribution in [1.29, 1.82) is 0 Å². The van der Waals surface area contributed by atoms with E-state index in [-0.39, 0.29) is 105 Å². The Labute approximate surface area is 261 Å². The maximum atomic E-state index is 11.7. The summed E-state index contributed by atoms with van der Waals surface area (Å²) in [6.45, 7) is -1.15. The van der Waals surface area contributed by atoms with Gasteiger partial charge >= 0.3 is 94.4 Å². The molecule has 1 fully saturated rings. The first-order valence-corrected chi connectivity index (χ1v) is 11.6. The van der Waals surface area contributed by atoms with Crippen LogP contribution in [0.5, 0.6) is 0 Å². The molecule has 10 N–H and O–H groups in total. The molecule has 0 bridgehead atoms. The molecule has 2 heterocycles. The number of aromatic nitrogens is 2. The summed E-state index contributed by atoms with van der Waals surface area (Å²) in [5.41, 5.74) is -1.79. The molecule has 1 aromatic rings. The fourth-order valence-corrected chi connectivity index (χ4v) is 5.07. The van der Waals surface area contributed by atoms with Crippen LogP contribution in [0.25, 0.3) is 0 Å². The summed E-state index contributed by atoms with van der Waals surface area (Å²) >= 11 is 0. The van der Waals surface area contributed by atoms with Crippen LogP contribution in [0.4, 0.5) is 0 Å². The molecular weight excluding hydrogens is 586 g/mol. The smallest absolute Gasteiger partial charge is 0.756 e. The minimum absolute atomic E-state index is 0. The van der Waals surface area contributed by atoms with Gasteiger partial charge in [-0.1, -0.05) is 0 Å². The van der Waals surface area contributed by atoms with Crippen LogP contribution in [0.1, 0.15) is 6.23 Å². The molecule has 0 radical (unpaired) electrons. The number of aliphatic hydroxyl groups excluding tert-OH is 2. The molecule has 1 saturated heterocycles. The van der Waals surface area contributed by atoms with Crippen molar-refractivity contribution >= 4 is 23.5 Å². The van der Waals surface area contributed by atoms with Gasteiger partial charge in [-0.2, -0.15) is 0 Å². The van der Waals surface area contributed by atoms with Gasteiger partial charge in [-0.15, -0.1) is 0 Å². The number of hydrogen-bond acceptors (Lipinski definition) is 14. The van der Waals surface area contributed by atoms with Gasteiger partial charge in [0.15, 0.2) is 6.23 Å². The number of aromatic amines is 1. The van der Waals surface area contributed by atoms with E-state index < -0.39 is 65.9 Å². The number of phosphoric ester groups is 1. The van der Waals surface area contributed by atoms with Crippen molar-refractivity contribution < 1.29 is 166 Å². The van der Waals surface area contributed by atoms with Crippen LogP contribution in [-0.4, -0.2) is 66.0 Å². The summed E-state index contributed by atoms with van der Waals surface area (Å²) in [5, 5.41) is 19.8. The van der Waals surface area contributed by atoms with Gasteiger partial charge in [-0.25, -0.2) is 13.4 Å². The first kappa shape index (κ1) is 46.7. The molecule has 190 valence electrons. The zero-order valence-electron chi connectivity index (χ0n) is 18.2. The molecule has 0 aliphatic carbocycles. The monoisotopic (exact) mass is 604 g/mol. The maximum Gasteiger partial charge on any atom is 1.00 e. The minimum Gasteiger partial charge on any atom is -0.756 e. The Morgan fingerprint density at radius 1 is 0.971 bits per heavy atom. The second-order valence-electron chi connectivity index (χ2n) is 5.39. The standard InChI is InChI=1S/C9H15N2O15P3.3Na.3H2O/c12-5-1-2-11(9(15)10-5)8-7(14)6(13)4(24-8)3-23-28(19,20)26-29(21,22)25-27(16,17)18;;;;;;/h1-2,4,6-8,13-14H,3H2,(H,19,20)(H,21,22)(H,10,12,15)(H2,16,17,18);;;;3*1H2/q;3*+1;;;/p-3/t4-,6-,7-,8-;;;;;;/m1....../s1. The Morgan fingerprint density at radius 2 is 1.49 bits per heavy atom. The number of H-pyrrole nitrogens is 1. The van der Waals surface area contributed by atoms with Crippen molar-refractivity contribution in [2.75, 3.05) is 6.61 Å². The second kappa shape index (κ2) is 18.2. The van der Waals surface area contributed by atoms with E-state index in [1.807, 2.05) is 4.98 Å². The van der Waals surface area contributed by atoms with Crippen LogP contribution in [0.15, 0.2) is 21.9 Å². The molecule has 2 rings (SSSR count). The molecular formula is C9H18N2Na3O18P3. The van der Waals surface area contributed by atoms with Crippen molar-refractivity contribution in [1.82, 2.24) is 9.55 Å². The quantitative estimate of drug-likeness (QED) is 0.158.